The number of benzene rings is 1. The highest BCUT2D eigenvalue weighted by molar-refractivity contribution is 6.32. The highest BCUT2D eigenvalue weighted by Gasteiger charge is 2.12. The minimum Gasteiger partial charge on any atom is -0.493 e. The van der Waals surface area contributed by atoms with E-state index in [1.807, 2.05) is 14.0 Å². The van der Waals surface area contributed by atoms with Gasteiger partial charge in [0.1, 0.15) is 10.8 Å². The van der Waals surface area contributed by atoms with Gasteiger partial charge in [0.25, 0.3) is 5.69 Å². The number of nitrogens with one attached hydrogen (secondary N) is 1. The molecule has 0 aliphatic rings. The zero-order chi connectivity index (χ0) is 12.8. The Labute approximate surface area is 105 Å². The van der Waals surface area contributed by atoms with Crippen LogP contribution in [-0.4, -0.2) is 25.1 Å². The largest absolute Gasteiger partial charge is 0.493 e. The van der Waals surface area contributed by atoms with Crippen molar-refractivity contribution in [3.8, 4) is 5.75 Å². The molecular formula is C11H15ClN2O3. The molecule has 6 heteroatoms. The Balaban J connectivity index is 2.62. The molecule has 0 aliphatic carbocycles. The number of hydrogen-bond donors (Lipinski definition) is 1. The number of hydrogen-bond acceptors (Lipinski definition) is 4. The lowest BCUT2D eigenvalue weighted by molar-refractivity contribution is -0.384. The minimum atomic E-state index is -0.518. The number of nitro groups is 1. The average molecular weight is 259 g/mol. The van der Waals surface area contributed by atoms with Gasteiger partial charge in [-0.3, -0.25) is 10.1 Å². The molecule has 0 fully saturated rings. The summed E-state index contributed by atoms with van der Waals surface area (Å²) in [6.45, 7) is 3.43. The van der Waals surface area contributed by atoms with Crippen LogP contribution in [0.25, 0.3) is 0 Å². The SMILES string of the molecule is CNCC(C)COc1ccc([N+](=O)[O-])c(Cl)c1. The highest BCUT2D eigenvalue weighted by Crippen LogP contribution is 2.28. The van der Waals surface area contributed by atoms with Crippen LogP contribution in [0.15, 0.2) is 18.2 Å². The number of rotatable bonds is 6. The van der Waals surface area contributed by atoms with Gasteiger partial charge in [0.05, 0.1) is 11.5 Å². The molecule has 1 unspecified atom stereocenters. The van der Waals surface area contributed by atoms with Crippen molar-refractivity contribution in [1.82, 2.24) is 5.32 Å². The van der Waals surface area contributed by atoms with Gasteiger partial charge in [0.15, 0.2) is 0 Å². The van der Waals surface area contributed by atoms with Gasteiger partial charge in [-0.25, -0.2) is 0 Å². The van der Waals surface area contributed by atoms with Crippen LogP contribution in [0, 0.1) is 16.0 Å². The monoisotopic (exact) mass is 258 g/mol. The highest BCUT2D eigenvalue weighted by atomic mass is 35.5. The predicted octanol–water partition coefficient (Wildman–Crippen LogP) is 2.48. The van der Waals surface area contributed by atoms with Crippen molar-refractivity contribution in [1.29, 1.82) is 0 Å². The molecule has 1 rings (SSSR count). The first-order chi connectivity index (χ1) is 8.04. The lowest BCUT2D eigenvalue weighted by Crippen LogP contribution is -2.21. The van der Waals surface area contributed by atoms with Crippen molar-refractivity contribution in [2.24, 2.45) is 5.92 Å². The summed E-state index contributed by atoms with van der Waals surface area (Å²) in [4.78, 5) is 10.0. The van der Waals surface area contributed by atoms with Crippen LogP contribution >= 0.6 is 11.6 Å². The normalized spacial score (nSPS) is 12.2. The third-order valence-electron chi connectivity index (χ3n) is 2.20. The average Bonchev–Trinajstić information content (AvgIpc) is 2.26. The smallest absolute Gasteiger partial charge is 0.288 e. The van der Waals surface area contributed by atoms with E-state index < -0.39 is 4.92 Å². The molecular weight excluding hydrogens is 244 g/mol. The summed E-state index contributed by atoms with van der Waals surface area (Å²) in [6, 6.07) is 4.36. The Kier molecular flexibility index (Phi) is 5.18. The lowest BCUT2D eigenvalue weighted by Gasteiger charge is -2.12. The molecule has 17 heavy (non-hydrogen) atoms. The van der Waals surface area contributed by atoms with Crippen LogP contribution in [0.3, 0.4) is 0 Å². The molecule has 0 amide bonds. The second-order valence-electron chi connectivity index (χ2n) is 3.84. The topological polar surface area (TPSA) is 64.4 Å². The first kappa shape index (κ1) is 13.7. The van der Waals surface area contributed by atoms with E-state index in [0.717, 1.165) is 6.54 Å². The van der Waals surface area contributed by atoms with Crippen molar-refractivity contribution < 1.29 is 9.66 Å². The van der Waals surface area contributed by atoms with E-state index in [9.17, 15) is 10.1 Å². The summed E-state index contributed by atoms with van der Waals surface area (Å²) in [5.41, 5.74) is -0.109. The van der Waals surface area contributed by atoms with Gasteiger partial charge >= 0.3 is 0 Å². The van der Waals surface area contributed by atoms with Crippen molar-refractivity contribution in [3.05, 3.63) is 33.3 Å². The van der Waals surface area contributed by atoms with E-state index in [2.05, 4.69) is 5.32 Å². The molecule has 0 aliphatic heterocycles. The van der Waals surface area contributed by atoms with Gasteiger partial charge in [0, 0.05) is 24.6 Å². The molecule has 5 nitrogen and oxygen atoms in total. The number of nitrogens with zero attached hydrogens (tertiary/aromatic N) is 1. The molecule has 94 valence electrons. The third-order valence-corrected chi connectivity index (χ3v) is 2.51. The molecule has 0 bridgehead atoms. The summed E-state index contributed by atoms with van der Waals surface area (Å²) in [7, 11) is 1.87. The van der Waals surface area contributed by atoms with Crippen LogP contribution in [0.5, 0.6) is 5.75 Å². The van der Waals surface area contributed by atoms with Gasteiger partial charge in [-0.2, -0.15) is 0 Å². The molecule has 1 atom stereocenters. The molecule has 1 N–H and O–H groups in total. The Morgan fingerprint density at radius 3 is 2.82 bits per heavy atom. The zero-order valence-corrected chi connectivity index (χ0v) is 10.5. The first-order valence-corrected chi connectivity index (χ1v) is 5.63. The molecule has 0 aromatic heterocycles. The van der Waals surface area contributed by atoms with Crippen LogP contribution in [0.1, 0.15) is 6.92 Å². The maximum atomic E-state index is 10.6. The Morgan fingerprint density at radius 1 is 1.59 bits per heavy atom. The van der Waals surface area contributed by atoms with Crippen molar-refractivity contribution in [2.45, 2.75) is 6.92 Å². The maximum Gasteiger partial charge on any atom is 0.288 e. The summed E-state index contributed by atoms with van der Waals surface area (Å²) in [5, 5.41) is 13.7. The Morgan fingerprint density at radius 2 is 2.29 bits per heavy atom. The first-order valence-electron chi connectivity index (χ1n) is 5.26. The van der Waals surface area contributed by atoms with Crippen molar-refractivity contribution >= 4 is 17.3 Å². The molecule has 1 aromatic rings. The standard InChI is InChI=1S/C11H15ClN2O3/c1-8(6-13-2)7-17-9-3-4-11(14(15)16)10(12)5-9/h3-5,8,13H,6-7H2,1-2H3. The van der Waals surface area contributed by atoms with Gasteiger partial charge in [-0.05, 0) is 13.1 Å². The van der Waals surface area contributed by atoms with E-state index in [1.54, 1.807) is 6.07 Å². The minimum absolute atomic E-state index is 0.0915. The third kappa shape index (κ3) is 4.20. The Hall–Kier alpha value is -1.33. The number of halogens is 1. The van der Waals surface area contributed by atoms with Crippen LogP contribution < -0.4 is 10.1 Å². The molecule has 1 aromatic carbocycles. The van der Waals surface area contributed by atoms with Gasteiger partial charge in [0.2, 0.25) is 0 Å². The summed E-state index contributed by atoms with van der Waals surface area (Å²) in [6.07, 6.45) is 0. The fourth-order valence-electron chi connectivity index (χ4n) is 1.37. The second kappa shape index (κ2) is 6.42. The number of nitro benzene ring substituents is 1. The van der Waals surface area contributed by atoms with Gasteiger partial charge < -0.3 is 10.1 Å². The fourth-order valence-corrected chi connectivity index (χ4v) is 1.61. The van der Waals surface area contributed by atoms with Crippen LogP contribution in [-0.2, 0) is 0 Å². The Bertz CT molecular complexity index is 398. The van der Waals surface area contributed by atoms with Crippen molar-refractivity contribution in [2.75, 3.05) is 20.2 Å². The molecule has 0 radical (unpaired) electrons. The predicted molar refractivity (Wildman–Crippen MR) is 66.7 cm³/mol. The maximum absolute atomic E-state index is 10.6. The van der Waals surface area contributed by atoms with Crippen LogP contribution in [0.2, 0.25) is 5.02 Å². The van der Waals surface area contributed by atoms with E-state index >= 15 is 0 Å². The second-order valence-corrected chi connectivity index (χ2v) is 4.25. The quantitative estimate of drug-likeness (QED) is 0.629. The zero-order valence-electron chi connectivity index (χ0n) is 9.77. The van der Waals surface area contributed by atoms with Gasteiger partial charge in [-0.1, -0.05) is 18.5 Å². The van der Waals surface area contributed by atoms with Gasteiger partial charge in [-0.15, -0.1) is 0 Å². The molecule has 0 heterocycles. The van der Waals surface area contributed by atoms with E-state index in [1.165, 1.54) is 12.1 Å². The lowest BCUT2D eigenvalue weighted by atomic mass is 10.2. The van der Waals surface area contributed by atoms with Crippen molar-refractivity contribution in [3.63, 3.8) is 0 Å². The summed E-state index contributed by atoms with van der Waals surface area (Å²) in [5.74, 6) is 0.900. The molecule has 0 saturated carbocycles. The summed E-state index contributed by atoms with van der Waals surface area (Å²) >= 11 is 5.77. The van der Waals surface area contributed by atoms with E-state index in [-0.39, 0.29) is 10.7 Å². The van der Waals surface area contributed by atoms with E-state index in [0.29, 0.717) is 18.3 Å². The summed E-state index contributed by atoms with van der Waals surface area (Å²) < 4.78 is 5.49. The van der Waals surface area contributed by atoms with E-state index in [4.69, 9.17) is 16.3 Å². The fraction of sp³-hybridized carbons (Fsp3) is 0.455. The molecule has 0 saturated heterocycles. The molecule has 0 spiro atoms. The van der Waals surface area contributed by atoms with Crippen LogP contribution in [0.4, 0.5) is 5.69 Å². The number of ether oxygens (including phenoxy) is 1.